The lowest BCUT2D eigenvalue weighted by Crippen LogP contribution is -2.12. The molecule has 1 aliphatic carbocycles. The van der Waals surface area contributed by atoms with Crippen LogP contribution < -0.4 is 11.3 Å². The molecular formula is C10H13N5O3. The molecule has 8 nitrogen and oxygen atoms in total. The van der Waals surface area contributed by atoms with Gasteiger partial charge in [-0.15, -0.1) is 0 Å². The van der Waals surface area contributed by atoms with Gasteiger partial charge in [0.1, 0.15) is 0 Å². The van der Waals surface area contributed by atoms with E-state index in [2.05, 4.69) is 15.0 Å². The van der Waals surface area contributed by atoms with E-state index < -0.39 is 5.56 Å². The quantitative estimate of drug-likeness (QED) is 0.523. The molecule has 0 saturated heterocycles. The molecule has 1 fully saturated rings. The van der Waals surface area contributed by atoms with E-state index in [1.165, 1.54) is 6.33 Å². The molecular weight excluding hydrogens is 238 g/mol. The van der Waals surface area contributed by atoms with Gasteiger partial charge in [-0.25, -0.2) is 4.98 Å². The molecule has 0 spiro atoms. The molecule has 1 saturated carbocycles. The number of hydrogen-bond acceptors (Lipinski definition) is 6. The lowest BCUT2D eigenvalue weighted by atomic mass is 10.3. The predicted molar refractivity (Wildman–Crippen MR) is 62.7 cm³/mol. The van der Waals surface area contributed by atoms with Crippen LogP contribution in [0.4, 0.5) is 5.95 Å². The summed E-state index contributed by atoms with van der Waals surface area (Å²) >= 11 is 0. The largest absolute Gasteiger partial charge is 0.396 e. The van der Waals surface area contributed by atoms with E-state index in [4.69, 9.17) is 5.73 Å². The number of nitrogens with one attached hydrogen (secondary N) is 1. The molecule has 0 unspecified atom stereocenters. The molecule has 18 heavy (non-hydrogen) atoms. The highest BCUT2D eigenvalue weighted by Crippen LogP contribution is 2.50. The first-order valence-corrected chi connectivity index (χ1v) is 5.61. The number of aromatic amines is 1. The van der Waals surface area contributed by atoms with E-state index >= 15 is 0 Å². The van der Waals surface area contributed by atoms with Crippen molar-refractivity contribution in [3.63, 3.8) is 0 Å². The molecule has 0 radical (unpaired) electrons. The zero-order valence-corrected chi connectivity index (χ0v) is 9.45. The fourth-order valence-corrected chi connectivity index (χ4v) is 2.49. The summed E-state index contributed by atoms with van der Waals surface area (Å²) in [6.07, 6.45) is 1.50. The molecule has 0 aromatic carbocycles. The van der Waals surface area contributed by atoms with Crippen LogP contribution in [-0.2, 0) is 0 Å². The van der Waals surface area contributed by atoms with Crippen molar-refractivity contribution in [2.45, 2.75) is 6.04 Å². The van der Waals surface area contributed by atoms with Crippen LogP contribution in [0.1, 0.15) is 6.04 Å². The van der Waals surface area contributed by atoms with Gasteiger partial charge in [0.25, 0.3) is 5.56 Å². The Morgan fingerprint density at radius 1 is 1.39 bits per heavy atom. The maximum absolute atomic E-state index is 11.6. The van der Waals surface area contributed by atoms with Crippen molar-refractivity contribution in [1.82, 2.24) is 19.5 Å². The smallest absolute Gasteiger partial charge is 0.280 e. The van der Waals surface area contributed by atoms with Crippen LogP contribution >= 0.6 is 0 Å². The Labute approximate surface area is 101 Å². The van der Waals surface area contributed by atoms with Crippen LogP contribution in [0.5, 0.6) is 0 Å². The van der Waals surface area contributed by atoms with E-state index in [-0.39, 0.29) is 42.6 Å². The average molecular weight is 251 g/mol. The van der Waals surface area contributed by atoms with E-state index in [9.17, 15) is 15.0 Å². The van der Waals surface area contributed by atoms with Gasteiger partial charge in [-0.05, 0) is 0 Å². The third-order valence-corrected chi connectivity index (χ3v) is 3.48. The Balaban J connectivity index is 2.12. The second-order valence-corrected chi connectivity index (χ2v) is 4.46. The van der Waals surface area contributed by atoms with Crippen molar-refractivity contribution in [2.24, 2.45) is 11.8 Å². The Morgan fingerprint density at radius 2 is 2.06 bits per heavy atom. The Morgan fingerprint density at radius 3 is 2.67 bits per heavy atom. The van der Waals surface area contributed by atoms with E-state index in [0.29, 0.717) is 5.65 Å². The first-order valence-electron chi connectivity index (χ1n) is 5.61. The summed E-state index contributed by atoms with van der Waals surface area (Å²) in [5.41, 5.74) is 5.71. The van der Waals surface area contributed by atoms with Crippen LogP contribution in [0.3, 0.4) is 0 Å². The minimum atomic E-state index is -0.391. The van der Waals surface area contributed by atoms with Gasteiger partial charge in [0.2, 0.25) is 5.95 Å². The summed E-state index contributed by atoms with van der Waals surface area (Å²) in [5.74, 6) is -0.0413. The number of imidazole rings is 1. The summed E-state index contributed by atoms with van der Waals surface area (Å²) in [6.45, 7) is -0.0392. The monoisotopic (exact) mass is 251 g/mol. The molecule has 1 aliphatic rings. The average Bonchev–Trinajstić information content (AvgIpc) is 2.90. The maximum atomic E-state index is 11.6. The number of nitrogen functional groups attached to an aromatic ring is 1. The normalized spacial score (nSPS) is 26.7. The van der Waals surface area contributed by atoms with Crippen LogP contribution in [0.25, 0.3) is 11.2 Å². The lowest BCUT2D eigenvalue weighted by Gasteiger charge is -2.02. The second-order valence-electron chi connectivity index (χ2n) is 4.46. The number of aliphatic hydroxyl groups excluding tert-OH is 2. The number of fused-ring (bicyclic) bond motifs is 1. The zero-order chi connectivity index (χ0) is 12.9. The van der Waals surface area contributed by atoms with Gasteiger partial charge in [0, 0.05) is 31.1 Å². The Kier molecular flexibility index (Phi) is 2.35. The van der Waals surface area contributed by atoms with E-state index in [1.807, 2.05) is 0 Å². The van der Waals surface area contributed by atoms with Gasteiger partial charge in [-0.1, -0.05) is 0 Å². The lowest BCUT2D eigenvalue weighted by molar-refractivity contribution is 0.232. The number of aliphatic hydroxyl groups is 2. The molecule has 5 N–H and O–H groups in total. The highest BCUT2D eigenvalue weighted by Gasteiger charge is 2.51. The Hall–Kier alpha value is -1.93. The number of aromatic nitrogens is 4. The summed E-state index contributed by atoms with van der Waals surface area (Å²) in [7, 11) is 0. The Bertz CT molecular complexity index is 638. The molecule has 0 amide bonds. The molecule has 2 atom stereocenters. The number of H-pyrrole nitrogens is 1. The number of anilines is 1. The van der Waals surface area contributed by atoms with Gasteiger partial charge >= 0.3 is 0 Å². The van der Waals surface area contributed by atoms with Crippen molar-refractivity contribution < 1.29 is 10.2 Å². The van der Waals surface area contributed by atoms with Gasteiger partial charge in [0.15, 0.2) is 11.2 Å². The molecule has 2 aromatic rings. The van der Waals surface area contributed by atoms with Crippen molar-refractivity contribution in [3.05, 3.63) is 16.7 Å². The third kappa shape index (κ3) is 1.42. The standard InChI is InChI=1S/C10H13N5O3/c11-10-13-8-6(9(18)14-10)12-3-15(8)7-4(1-16)5(7)2-17/h3-5,7,16-17H,1-2H2,(H3,11,13,14,18)/t4-,5-/m1/s1. The molecule has 0 bridgehead atoms. The van der Waals surface area contributed by atoms with Crippen molar-refractivity contribution >= 4 is 17.1 Å². The first-order chi connectivity index (χ1) is 8.67. The summed E-state index contributed by atoms with van der Waals surface area (Å²) < 4.78 is 1.70. The zero-order valence-electron chi connectivity index (χ0n) is 9.45. The second kappa shape index (κ2) is 3.79. The van der Waals surface area contributed by atoms with E-state index in [1.54, 1.807) is 4.57 Å². The van der Waals surface area contributed by atoms with Gasteiger partial charge in [-0.2, -0.15) is 4.98 Å². The fourth-order valence-electron chi connectivity index (χ4n) is 2.49. The minimum absolute atomic E-state index is 0.0196. The van der Waals surface area contributed by atoms with Gasteiger partial charge in [0.05, 0.1) is 6.33 Å². The van der Waals surface area contributed by atoms with Crippen LogP contribution in [-0.4, -0.2) is 42.9 Å². The highest BCUT2D eigenvalue weighted by atomic mass is 16.3. The third-order valence-electron chi connectivity index (χ3n) is 3.48. The van der Waals surface area contributed by atoms with E-state index in [0.717, 1.165) is 0 Å². The number of rotatable bonds is 3. The molecule has 0 aliphatic heterocycles. The van der Waals surface area contributed by atoms with Crippen molar-refractivity contribution in [3.8, 4) is 0 Å². The number of nitrogens with zero attached hydrogens (tertiary/aromatic N) is 3. The van der Waals surface area contributed by atoms with Crippen LogP contribution in [0.15, 0.2) is 11.1 Å². The maximum Gasteiger partial charge on any atom is 0.280 e. The topological polar surface area (TPSA) is 130 Å². The molecule has 3 rings (SSSR count). The summed E-state index contributed by atoms with van der Waals surface area (Å²) in [5, 5.41) is 18.4. The SMILES string of the molecule is Nc1nc2c(ncn2C2[C@H](CO)[C@H]2CO)c(=O)[nH]1. The fraction of sp³-hybridized carbons (Fsp3) is 0.500. The van der Waals surface area contributed by atoms with Gasteiger partial charge < -0.3 is 20.5 Å². The molecule has 2 heterocycles. The molecule has 2 aromatic heterocycles. The van der Waals surface area contributed by atoms with Crippen molar-refractivity contribution in [2.75, 3.05) is 18.9 Å². The predicted octanol–water partition coefficient (Wildman–Crippen LogP) is -1.53. The number of hydrogen-bond donors (Lipinski definition) is 4. The van der Waals surface area contributed by atoms with Crippen LogP contribution in [0, 0.1) is 11.8 Å². The first kappa shape index (κ1) is 11.2. The molecule has 8 heteroatoms. The summed E-state index contributed by atoms with van der Waals surface area (Å²) in [6, 6.07) is -0.0845. The minimum Gasteiger partial charge on any atom is -0.396 e. The molecule has 96 valence electrons. The van der Waals surface area contributed by atoms with Gasteiger partial charge in [-0.3, -0.25) is 9.78 Å². The van der Waals surface area contributed by atoms with Crippen molar-refractivity contribution in [1.29, 1.82) is 0 Å². The van der Waals surface area contributed by atoms with Crippen LogP contribution in [0.2, 0.25) is 0 Å². The highest BCUT2D eigenvalue weighted by molar-refractivity contribution is 5.70. The number of nitrogens with two attached hydrogens (primary N) is 1. The summed E-state index contributed by atoms with van der Waals surface area (Å²) in [4.78, 5) is 22.0.